The van der Waals surface area contributed by atoms with Crippen LogP contribution < -0.4 is 11.1 Å². The SMILES string of the molecule is CCCNC(=O)C(C)N1CCC(N)C(C)(C)C1. The quantitative estimate of drug-likeness (QED) is 0.771. The van der Waals surface area contributed by atoms with Crippen molar-refractivity contribution in [1.29, 1.82) is 0 Å². The van der Waals surface area contributed by atoms with Crippen molar-refractivity contribution in [3.63, 3.8) is 0 Å². The van der Waals surface area contributed by atoms with Crippen LogP contribution in [-0.2, 0) is 4.79 Å². The number of piperidine rings is 1. The summed E-state index contributed by atoms with van der Waals surface area (Å²) in [6, 6.07) is 0.193. The van der Waals surface area contributed by atoms with E-state index in [1.807, 2.05) is 6.92 Å². The Bertz CT molecular complexity index is 265. The highest BCUT2D eigenvalue weighted by Gasteiger charge is 2.36. The van der Waals surface area contributed by atoms with Gasteiger partial charge in [-0.15, -0.1) is 0 Å². The maximum atomic E-state index is 11.9. The van der Waals surface area contributed by atoms with Gasteiger partial charge in [0.15, 0.2) is 0 Å². The number of likely N-dealkylation sites (tertiary alicyclic amines) is 1. The first-order valence-corrected chi connectivity index (χ1v) is 6.66. The molecule has 3 N–H and O–H groups in total. The Hall–Kier alpha value is -0.610. The topological polar surface area (TPSA) is 58.4 Å². The zero-order chi connectivity index (χ0) is 13.1. The number of carbonyl (C=O) groups excluding carboxylic acids is 1. The molecule has 1 saturated heterocycles. The number of hydrogen-bond donors (Lipinski definition) is 2. The molecule has 0 aromatic heterocycles. The van der Waals surface area contributed by atoms with E-state index in [-0.39, 0.29) is 23.4 Å². The van der Waals surface area contributed by atoms with Gasteiger partial charge in [-0.1, -0.05) is 20.8 Å². The number of rotatable bonds is 4. The van der Waals surface area contributed by atoms with Gasteiger partial charge in [-0.05, 0) is 25.2 Å². The molecule has 0 bridgehead atoms. The van der Waals surface area contributed by atoms with Crippen molar-refractivity contribution in [3.8, 4) is 0 Å². The monoisotopic (exact) mass is 241 g/mol. The molecule has 1 fully saturated rings. The molecule has 0 aliphatic carbocycles. The fourth-order valence-corrected chi connectivity index (χ4v) is 2.31. The second kappa shape index (κ2) is 5.83. The third kappa shape index (κ3) is 3.68. The molecule has 4 nitrogen and oxygen atoms in total. The lowest BCUT2D eigenvalue weighted by atomic mass is 9.79. The predicted octanol–water partition coefficient (Wildman–Crippen LogP) is 0.960. The Labute approximate surface area is 105 Å². The molecule has 1 amide bonds. The van der Waals surface area contributed by atoms with E-state index in [1.54, 1.807) is 0 Å². The summed E-state index contributed by atoms with van der Waals surface area (Å²) >= 11 is 0. The van der Waals surface area contributed by atoms with Crippen molar-refractivity contribution < 1.29 is 4.79 Å². The zero-order valence-corrected chi connectivity index (χ0v) is 11.6. The minimum absolute atomic E-state index is 0.0478. The summed E-state index contributed by atoms with van der Waals surface area (Å²) in [5.74, 6) is 0.137. The van der Waals surface area contributed by atoms with Crippen LogP contribution in [-0.4, -0.2) is 42.5 Å². The molecule has 1 heterocycles. The highest BCUT2D eigenvalue weighted by Crippen LogP contribution is 2.28. The Morgan fingerprint density at radius 1 is 1.59 bits per heavy atom. The standard InChI is InChI=1S/C13H27N3O/c1-5-7-15-12(17)10(2)16-8-6-11(14)13(3,4)9-16/h10-11H,5-9,14H2,1-4H3,(H,15,17). The average molecular weight is 241 g/mol. The number of amides is 1. The van der Waals surface area contributed by atoms with Crippen LogP contribution in [0.25, 0.3) is 0 Å². The normalized spacial score (nSPS) is 26.5. The number of nitrogens with zero attached hydrogens (tertiary/aromatic N) is 1. The van der Waals surface area contributed by atoms with E-state index in [0.29, 0.717) is 0 Å². The molecule has 0 aromatic carbocycles. The van der Waals surface area contributed by atoms with Gasteiger partial charge in [0, 0.05) is 25.7 Å². The van der Waals surface area contributed by atoms with Crippen LogP contribution in [0.4, 0.5) is 0 Å². The fraction of sp³-hybridized carbons (Fsp3) is 0.923. The largest absolute Gasteiger partial charge is 0.355 e. The molecular weight excluding hydrogens is 214 g/mol. The highest BCUT2D eigenvalue weighted by molar-refractivity contribution is 5.81. The van der Waals surface area contributed by atoms with Gasteiger partial charge >= 0.3 is 0 Å². The van der Waals surface area contributed by atoms with E-state index in [1.165, 1.54) is 0 Å². The maximum absolute atomic E-state index is 11.9. The van der Waals surface area contributed by atoms with Gasteiger partial charge in [-0.2, -0.15) is 0 Å². The molecule has 4 heteroatoms. The summed E-state index contributed by atoms with van der Waals surface area (Å²) in [7, 11) is 0. The lowest BCUT2D eigenvalue weighted by Gasteiger charge is -2.44. The third-order valence-electron chi connectivity index (χ3n) is 3.82. The molecule has 0 aromatic rings. The summed E-state index contributed by atoms with van der Waals surface area (Å²) < 4.78 is 0. The molecule has 100 valence electrons. The van der Waals surface area contributed by atoms with Gasteiger partial charge in [0.2, 0.25) is 5.91 Å². The van der Waals surface area contributed by atoms with E-state index in [2.05, 4.69) is 31.0 Å². The fourth-order valence-electron chi connectivity index (χ4n) is 2.31. The van der Waals surface area contributed by atoms with E-state index in [0.717, 1.165) is 32.5 Å². The van der Waals surface area contributed by atoms with Gasteiger partial charge < -0.3 is 11.1 Å². The van der Waals surface area contributed by atoms with Crippen LogP contribution in [0, 0.1) is 5.41 Å². The van der Waals surface area contributed by atoms with E-state index in [4.69, 9.17) is 5.73 Å². The summed E-state index contributed by atoms with van der Waals surface area (Å²) in [5.41, 5.74) is 6.20. The van der Waals surface area contributed by atoms with Crippen molar-refractivity contribution in [2.75, 3.05) is 19.6 Å². The Balaban J connectivity index is 2.53. The van der Waals surface area contributed by atoms with Crippen LogP contribution >= 0.6 is 0 Å². The van der Waals surface area contributed by atoms with Gasteiger partial charge in [0.05, 0.1) is 6.04 Å². The Morgan fingerprint density at radius 3 is 2.76 bits per heavy atom. The molecule has 17 heavy (non-hydrogen) atoms. The Morgan fingerprint density at radius 2 is 2.24 bits per heavy atom. The summed E-state index contributed by atoms with van der Waals surface area (Å²) in [4.78, 5) is 14.2. The molecule has 1 aliphatic rings. The van der Waals surface area contributed by atoms with Crippen molar-refractivity contribution in [3.05, 3.63) is 0 Å². The van der Waals surface area contributed by atoms with Crippen LogP contribution in [0.3, 0.4) is 0 Å². The van der Waals surface area contributed by atoms with Crippen LogP contribution in [0.5, 0.6) is 0 Å². The van der Waals surface area contributed by atoms with E-state index in [9.17, 15) is 4.79 Å². The molecule has 2 unspecified atom stereocenters. The van der Waals surface area contributed by atoms with Gasteiger partial charge in [-0.25, -0.2) is 0 Å². The highest BCUT2D eigenvalue weighted by atomic mass is 16.2. The summed E-state index contributed by atoms with van der Waals surface area (Å²) in [5, 5.41) is 2.96. The first-order valence-electron chi connectivity index (χ1n) is 6.66. The molecule has 1 rings (SSSR count). The Kier molecular flexibility index (Phi) is 4.95. The van der Waals surface area contributed by atoms with Crippen molar-refractivity contribution >= 4 is 5.91 Å². The van der Waals surface area contributed by atoms with Gasteiger partial charge in [-0.3, -0.25) is 9.69 Å². The van der Waals surface area contributed by atoms with Gasteiger partial charge in [0.1, 0.15) is 0 Å². The lowest BCUT2D eigenvalue weighted by molar-refractivity contribution is -0.127. The predicted molar refractivity (Wildman–Crippen MR) is 70.7 cm³/mol. The second-order valence-corrected chi connectivity index (χ2v) is 5.82. The van der Waals surface area contributed by atoms with E-state index < -0.39 is 0 Å². The molecule has 2 atom stereocenters. The smallest absolute Gasteiger partial charge is 0.237 e. The summed E-state index contributed by atoms with van der Waals surface area (Å²) in [6.07, 6.45) is 1.95. The zero-order valence-electron chi connectivity index (χ0n) is 11.6. The number of carbonyl (C=O) groups is 1. The van der Waals surface area contributed by atoms with Crippen molar-refractivity contribution in [1.82, 2.24) is 10.2 Å². The lowest BCUT2D eigenvalue weighted by Crippen LogP contribution is -2.57. The van der Waals surface area contributed by atoms with Crippen molar-refractivity contribution in [2.24, 2.45) is 11.1 Å². The number of nitrogens with one attached hydrogen (secondary N) is 1. The minimum atomic E-state index is -0.0478. The minimum Gasteiger partial charge on any atom is -0.355 e. The maximum Gasteiger partial charge on any atom is 0.237 e. The third-order valence-corrected chi connectivity index (χ3v) is 3.82. The molecule has 0 saturated carbocycles. The van der Waals surface area contributed by atoms with Crippen molar-refractivity contribution in [2.45, 2.75) is 52.6 Å². The molecule has 0 radical (unpaired) electrons. The first kappa shape index (κ1) is 14.5. The molecule has 0 spiro atoms. The van der Waals surface area contributed by atoms with Crippen LogP contribution in [0.15, 0.2) is 0 Å². The van der Waals surface area contributed by atoms with Gasteiger partial charge in [0.25, 0.3) is 0 Å². The average Bonchev–Trinajstić information content (AvgIpc) is 2.28. The molecule has 1 aliphatic heterocycles. The first-order chi connectivity index (χ1) is 7.88. The second-order valence-electron chi connectivity index (χ2n) is 5.82. The number of nitrogens with two attached hydrogens (primary N) is 1. The van der Waals surface area contributed by atoms with E-state index >= 15 is 0 Å². The summed E-state index contributed by atoms with van der Waals surface area (Å²) in [6.45, 7) is 11.0. The molecular formula is C13H27N3O. The van der Waals surface area contributed by atoms with Crippen LogP contribution in [0.2, 0.25) is 0 Å². The number of hydrogen-bond acceptors (Lipinski definition) is 3. The van der Waals surface area contributed by atoms with Crippen LogP contribution in [0.1, 0.15) is 40.5 Å².